The highest BCUT2D eigenvalue weighted by molar-refractivity contribution is 6.30. The molecule has 1 amide bonds. The van der Waals surface area contributed by atoms with Gasteiger partial charge in [-0.1, -0.05) is 29.8 Å². The van der Waals surface area contributed by atoms with Gasteiger partial charge in [0.25, 0.3) is 5.91 Å². The fourth-order valence-electron chi connectivity index (χ4n) is 3.48. The smallest absolute Gasteiger partial charge is 0.260 e. The maximum atomic E-state index is 12.6. The number of piperazine rings is 1. The predicted molar refractivity (Wildman–Crippen MR) is 117 cm³/mol. The molecule has 0 radical (unpaired) electrons. The molecule has 1 aliphatic rings. The van der Waals surface area contributed by atoms with Crippen LogP contribution < -0.4 is 14.4 Å². The number of ether oxygens (including phenoxy) is 2. The van der Waals surface area contributed by atoms with Crippen LogP contribution in [-0.2, 0) is 11.2 Å². The van der Waals surface area contributed by atoms with Crippen molar-refractivity contribution in [1.82, 2.24) is 4.90 Å². The molecule has 2 aromatic rings. The molecule has 0 saturated carbocycles. The molecule has 6 heteroatoms. The quantitative estimate of drug-likeness (QED) is 0.639. The number of carbonyl (C=O) groups excluding carboxylic acids is 1. The molecule has 0 atom stereocenters. The van der Waals surface area contributed by atoms with E-state index in [0.717, 1.165) is 35.8 Å². The molecule has 154 valence electrons. The molecule has 0 spiro atoms. The van der Waals surface area contributed by atoms with Gasteiger partial charge in [-0.3, -0.25) is 4.79 Å². The number of amides is 1. The zero-order valence-electron chi connectivity index (χ0n) is 17.0. The molecule has 3 rings (SSSR count). The van der Waals surface area contributed by atoms with Crippen molar-refractivity contribution < 1.29 is 14.3 Å². The number of anilines is 1. The maximum Gasteiger partial charge on any atom is 0.260 e. The van der Waals surface area contributed by atoms with Crippen LogP contribution in [0.3, 0.4) is 0 Å². The topological polar surface area (TPSA) is 42.0 Å². The molecule has 0 bridgehead atoms. The van der Waals surface area contributed by atoms with Crippen molar-refractivity contribution in [3.63, 3.8) is 0 Å². The fourth-order valence-corrected chi connectivity index (χ4v) is 3.64. The number of hydrogen-bond acceptors (Lipinski definition) is 4. The summed E-state index contributed by atoms with van der Waals surface area (Å²) in [5.41, 5.74) is 3.40. The monoisotopic (exact) mass is 414 g/mol. The summed E-state index contributed by atoms with van der Waals surface area (Å²) in [6.07, 6.45) is 2.59. The number of hydrogen-bond donors (Lipinski definition) is 0. The number of carbonyl (C=O) groups is 1. The molecule has 1 heterocycles. The van der Waals surface area contributed by atoms with Crippen LogP contribution in [0.4, 0.5) is 5.69 Å². The largest absolute Gasteiger partial charge is 0.493 e. The van der Waals surface area contributed by atoms with E-state index in [9.17, 15) is 4.79 Å². The Bertz CT molecular complexity index is 876. The minimum Gasteiger partial charge on any atom is -0.493 e. The lowest BCUT2D eigenvalue weighted by Crippen LogP contribution is -2.50. The molecule has 1 aliphatic heterocycles. The lowest BCUT2D eigenvalue weighted by Gasteiger charge is -2.36. The Morgan fingerprint density at radius 2 is 1.90 bits per heavy atom. The molecular weight excluding hydrogens is 388 g/mol. The Hall–Kier alpha value is -2.66. The Balaban J connectivity index is 1.55. The van der Waals surface area contributed by atoms with Crippen LogP contribution in [-0.4, -0.2) is 50.7 Å². The minimum absolute atomic E-state index is 0.00659. The number of rotatable bonds is 7. The summed E-state index contributed by atoms with van der Waals surface area (Å²) in [7, 11) is 1.60. The third-order valence-corrected chi connectivity index (χ3v) is 5.34. The van der Waals surface area contributed by atoms with E-state index in [2.05, 4.69) is 18.4 Å². The first-order valence-corrected chi connectivity index (χ1v) is 10.1. The minimum atomic E-state index is -0.0234. The molecule has 0 aromatic heterocycles. The predicted octanol–water partition coefficient (Wildman–Crippen LogP) is 4.11. The van der Waals surface area contributed by atoms with Gasteiger partial charge in [0.05, 0.1) is 7.11 Å². The van der Waals surface area contributed by atoms with E-state index in [1.807, 2.05) is 47.4 Å². The lowest BCUT2D eigenvalue weighted by atomic mass is 10.1. The average molecular weight is 415 g/mol. The summed E-state index contributed by atoms with van der Waals surface area (Å²) in [6.45, 7) is 8.67. The zero-order chi connectivity index (χ0) is 20.8. The van der Waals surface area contributed by atoms with Crippen LogP contribution in [0.2, 0.25) is 5.02 Å². The maximum absolute atomic E-state index is 12.6. The van der Waals surface area contributed by atoms with E-state index >= 15 is 0 Å². The molecular formula is C23H27ClN2O3. The van der Waals surface area contributed by atoms with Crippen molar-refractivity contribution in [2.75, 3.05) is 44.8 Å². The first-order chi connectivity index (χ1) is 14.0. The van der Waals surface area contributed by atoms with E-state index in [4.69, 9.17) is 21.1 Å². The molecule has 0 unspecified atom stereocenters. The summed E-state index contributed by atoms with van der Waals surface area (Å²) in [4.78, 5) is 16.7. The number of aryl methyl sites for hydroxylation is 1. The van der Waals surface area contributed by atoms with E-state index in [1.165, 1.54) is 5.56 Å². The Kier molecular flexibility index (Phi) is 7.04. The Morgan fingerprint density at radius 1 is 1.14 bits per heavy atom. The molecule has 0 aliphatic carbocycles. The highest BCUT2D eigenvalue weighted by Gasteiger charge is 2.23. The first-order valence-electron chi connectivity index (χ1n) is 9.71. The molecule has 1 saturated heterocycles. The summed E-state index contributed by atoms with van der Waals surface area (Å²) in [6, 6.07) is 11.6. The van der Waals surface area contributed by atoms with Crippen molar-refractivity contribution in [1.29, 1.82) is 0 Å². The fraction of sp³-hybridized carbons (Fsp3) is 0.348. The van der Waals surface area contributed by atoms with Gasteiger partial charge in [0.2, 0.25) is 0 Å². The second-order valence-corrected chi connectivity index (χ2v) is 7.50. The third kappa shape index (κ3) is 5.24. The summed E-state index contributed by atoms with van der Waals surface area (Å²) in [5.74, 6) is 1.17. The normalized spacial score (nSPS) is 13.9. The van der Waals surface area contributed by atoms with Crippen molar-refractivity contribution in [2.24, 2.45) is 0 Å². The summed E-state index contributed by atoms with van der Waals surface area (Å²) in [5, 5.41) is 0.727. The number of nitrogens with zero attached hydrogens (tertiary/aromatic N) is 2. The second-order valence-electron chi connectivity index (χ2n) is 7.07. The SMILES string of the molecule is C=CCc1ccc(OCC(=O)N2CCN(c3cc(Cl)ccc3C)CC2)c(OC)c1. The third-order valence-electron chi connectivity index (χ3n) is 5.10. The van der Waals surface area contributed by atoms with Gasteiger partial charge < -0.3 is 19.3 Å². The molecule has 5 nitrogen and oxygen atoms in total. The van der Waals surface area contributed by atoms with Gasteiger partial charge in [0, 0.05) is 36.9 Å². The summed E-state index contributed by atoms with van der Waals surface area (Å²) >= 11 is 6.14. The van der Waals surface area contributed by atoms with Gasteiger partial charge in [-0.25, -0.2) is 0 Å². The highest BCUT2D eigenvalue weighted by atomic mass is 35.5. The van der Waals surface area contributed by atoms with Crippen molar-refractivity contribution in [2.45, 2.75) is 13.3 Å². The lowest BCUT2D eigenvalue weighted by molar-refractivity contribution is -0.133. The zero-order valence-corrected chi connectivity index (χ0v) is 17.7. The highest BCUT2D eigenvalue weighted by Crippen LogP contribution is 2.29. The first kappa shape index (κ1) is 21.1. The summed E-state index contributed by atoms with van der Waals surface area (Å²) < 4.78 is 11.1. The van der Waals surface area contributed by atoms with Gasteiger partial charge in [-0.15, -0.1) is 6.58 Å². The van der Waals surface area contributed by atoms with Crippen LogP contribution in [0.5, 0.6) is 11.5 Å². The Morgan fingerprint density at radius 3 is 2.59 bits per heavy atom. The van der Waals surface area contributed by atoms with E-state index in [0.29, 0.717) is 24.6 Å². The number of allylic oxidation sites excluding steroid dienone is 1. The van der Waals surface area contributed by atoms with Crippen molar-refractivity contribution >= 4 is 23.2 Å². The second kappa shape index (κ2) is 9.70. The van der Waals surface area contributed by atoms with Gasteiger partial charge in [0.15, 0.2) is 18.1 Å². The number of benzene rings is 2. The van der Waals surface area contributed by atoms with Gasteiger partial charge >= 0.3 is 0 Å². The van der Waals surface area contributed by atoms with Crippen LogP contribution in [0.25, 0.3) is 0 Å². The van der Waals surface area contributed by atoms with Crippen LogP contribution in [0.15, 0.2) is 49.1 Å². The van der Waals surface area contributed by atoms with E-state index in [1.54, 1.807) is 7.11 Å². The molecule has 2 aromatic carbocycles. The van der Waals surface area contributed by atoms with Crippen LogP contribution >= 0.6 is 11.6 Å². The molecule has 29 heavy (non-hydrogen) atoms. The average Bonchev–Trinajstić information content (AvgIpc) is 2.74. The van der Waals surface area contributed by atoms with Crippen LogP contribution in [0.1, 0.15) is 11.1 Å². The van der Waals surface area contributed by atoms with Gasteiger partial charge in [-0.05, 0) is 48.7 Å². The molecule has 1 fully saturated rings. The van der Waals surface area contributed by atoms with Crippen molar-refractivity contribution in [3.05, 3.63) is 65.2 Å². The van der Waals surface area contributed by atoms with E-state index in [-0.39, 0.29) is 12.5 Å². The number of methoxy groups -OCH3 is 1. The van der Waals surface area contributed by atoms with Crippen LogP contribution in [0, 0.1) is 6.92 Å². The van der Waals surface area contributed by atoms with Gasteiger partial charge in [-0.2, -0.15) is 0 Å². The number of halogens is 1. The standard InChI is InChI=1S/C23H27ClN2O3/c1-4-5-18-7-9-21(22(14-18)28-3)29-16-23(27)26-12-10-25(11-13-26)20-15-19(24)8-6-17(20)2/h4,6-9,14-15H,1,5,10-13,16H2,2-3H3. The van der Waals surface area contributed by atoms with E-state index < -0.39 is 0 Å². The van der Waals surface area contributed by atoms with Gasteiger partial charge in [0.1, 0.15) is 0 Å². The van der Waals surface area contributed by atoms with Crippen molar-refractivity contribution in [3.8, 4) is 11.5 Å². The Labute approximate surface area is 177 Å². The molecule has 0 N–H and O–H groups in total.